The summed E-state index contributed by atoms with van der Waals surface area (Å²) in [5.41, 5.74) is 1.20. The molecule has 0 atom stereocenters. The molecular weight excluding hydrogens is 369 g/mol. The fourth-order valence-corrected chi connectivity index (χ4v) is 2.70. The first kappa shape index (κ1) is 21.5. The Labute approximate surface area is 162 Å². The van der Waals surface area contributed by atoms with E-state index in [1.54, 1.807) is 0 Å². The van der Waals surface area contributed by atoms with E-state index in [0.717, 1.165) is 35.5 Å². The second kappa shape index (κ2) is 8.91. The van der Waals surface area contributed by atoms with Gasteiger partial charge >= 0.3 is 6.18 Å². The van der Waals surface area contributed by atoms with Crippen LogP contribution < -0.4 is 10.2 Å². The lowest BCUT2D eigenvalue weighted by molar-refractivity contribution is -0.137. The molecule has 0 aliphatic heterocycles. The summed E-state index contributed by atoms with van der Waals surface area (Å²) in [4.78, 5) is 25.6. The molecule has 0 saturated heterocycles. The first-order valence-electron chi connectivity index (χ1n) is 8.93. The van der Waals surface area contributed by atoms with E-state index >= 15 is 0 Å². The number of hydrogen-bond acceptors (Lipinski definition) is 2. The highest BCUT2D eigenvalue weighted by molar-refractivity contribution is 5.94. The summed E-state index contributed by atoms with van der Waals surface area (Å²) in [7, 11) is 0. The number of carbonyl (C=O) groups is 2. The molecule has 2 rings (SSSR count). The number of nitrogens with one attached hydrogen (secondary N) is 1. The molecule has 0 aliphatic carbocycles. The summed E-state index contributed by atoms with van der Waals surface area (Å²) in [6, 6.07) is 11.6. The summed E-state index contributed by atoms with van der Waals surface area (Å²) in [6.45, 7) is 6.02. The van der Waals surface area contributed by atoms with Gasteiger partial charge in [0.15, 0.2) is 0 Å². The molecule has 1 N–H and O–H groups in total. The van der Waals surface area contributed by atoms with Crippen LogP contribution in [0, 0.1) is 0 Å². The molecule has 0 radical (unpaired) electrons. The molecular formula is C21H23F3N2O2. The first-order valence-corrected chi connectivity index (χ1v) is 8.93. The molecule has 0 aliphatic rings. The maximum Gasteiger partial charge on any atom is 0.416 e. The van der Waals surface area contributed by atoms with Gasteiger partial charge < -0.3 is 10.2 Å². The van der Waals surface area contributed by atoms with Crippen molar-refractivity contribution in [3.8, 4) is 0 Å². The van der Waals surface area contributed by atoms with E-state index in [4.69, 9.17) is 0 Å². The zero-order valence-electron chi connectivity index (χ0n) is 16.0. The third-order valence-corrected chi connectivity index (χ3v) is 4.35. The molecule has 2 aromatic carbocycles. The highest BCUT2D eigenvalue weighted by atomic mass is 19.4. The number of halogens is 3. The summed E-state index contributed by atoms with van der Waals surface area (Å²) >= 11 is 0. The molecule has 2 amide bonds. The van der Waals surface area contributed by atoms with Gasteiger partial charge in [-0.15, -0.1) is 0 Å². The molecule has 7 heteroatoms. The second-order valence-corrected chi connectivity index (χ2v) is 6.75. The topological polar surface area (TPSA) is 49.4 Å². The largest absolute Gasteiger partial charge is 0.416 e. The molecule has 0 unspecified atom stereocenters. The Kier molecular flexibility index (Phi) is 6.83. The van der Waals surface area contributed by atoms with Gasteiger partial charge in [0.1, 0.15) is 0 Å². The Bertz CT molecular complexity index is 813. The number of carbonyl (C=O) groups excluding carboxylic acids is 2. The molecule has 0 bridgehead atoms. The monoisotopic (exact) mass is 392 g/mol. The van der Waals surface area contributed by atoms with Gasteiger partial charge in [0, 0.05) is 31.3 Å². The maximum absolute atomic E-state index is 12.6. The van der Waals surface area contributed by atoms with Crippen molar-refractivity contribution < 1.29 is 22.8 Å². The average molecular weight is 392 g/mol. The molecule has 0 saturated carbocycles. The van der Waals surface area contributed by atoms with Crippen LogP contribution in [0.2, 0.25) is 0 Å². The van der Waals surface area contributed by atoms with E-state index in [2.05, 4.69) is 19.2 Å². The molecule has 28 heavy (non-hydrogen) atoms. The average Bonchev–Trinajstić information content (AvgIpc) is 2.64. The van der Waals surface area contributed by atoms with Crippen molar-refractivity contribution in [2.75, 3.05) is 18.0 Å². The van der Waals surface area contributed by atoms with Crippen LogP contribution in [0.3, 0.4) is 0 Å². The van der Waals surface area contributed by atoms with Gasteiger partial charge in [-0.1, -0.05) is 26.0 Å². The number of benzene rings is 2. The fraction of sp³-hybridized carbons (Fsp3) is 0.333. The molecule has 4 nitrogen and oxygen atoms in total. The fourth-order valence-electron chi connectivity index (χ4n) is 2.70. The molecule has 0 heterocycles. The quantitative estimate of drug-likeness (QED) is 0.780. The Morgan fingerprint density at radius 1 is 1.00 bits per heavy atom. The standard InChI is InChI=1S/C21H23F3N2O2/c1-14(2)16-6-10-19(11-7-16)26(15(3)27)13-12-25-20(28)17-4-8-18(9-5-17)21(22,23)24/h4-11,14H,12-13H2,1-3H3,(H,25,28). The number of amides is 2. The summed E-state index contributed by atoms with van der Waals surface area (Å²) in [6.07, 6.45) is -4.44. The van der Waals surface area contributed by atoms with E-state index in [-0.39, 0.29) is 24.6 Å². The number of alkyl halides is 3. The van der Waals surface area contributed by atoms with Gasteiger partial charge in [-0.3, -0.25) is 9.59 Å². The second-order valence-electron chi connectivity index (χ2n) is 6.75. The predicted octanol–water partition coefficient (Wildman–Crippen LogP) is 4.61. The van der Waals surface area contributed by atoms with E-state index in [1.807, 2.05) is 24.3 Å². The third kappa shape index (κ3) is 5.58. The van der Waals surface area contributed by atoms with Gasteiger partial charge in [0.2, 0.25) is 5.91 Å². The summed E-state index contributed by atoms with van der Waals surface area (Å²) in [5, 5.41) is 2.63. The smallest absolute Gasteiger partial charge is 0.350 e. The molecule has 0 spiro atoms. The Hall–Kier alpha value is -2.83. The van der Waals surface area contributed by atoms with Crippen molar-refractivity contribution in [2.45, 2.75) is 32.9 Å². The lowest BCUT2D eigenvalue weighted by atomic mass is 10.0. The number of nitrogens with zero attached hydrogens (tertiary/aromatic N) is 1. The zero-order chi connectivity index (χ0) is 20.9. The van der Waals surface area contributed by atoms with Gasteiger partial charge in [0.05, 0.1) is 5.56 Å². The maximum atomic E-state index is 12.6. The van der Waals surface area contributed by atoms with Crippen LogP contribution >= 0.6 is 0 Å². The highest BCUT2D eigenvalue weighted by Gasteiger charge is 2.30. The zero-order valence-corrected chi connectivity index (χ0v) is 16.0. The van der Waals surface area contributed by atoms with Crippen LogP contribution in [0.5, 0.6) is 0 Å². The SMILES string of the molecule is CC(=O)N(CCNC(=O)c1ccc(C(F)(F)F)cc1)c1ccc(C(C)C)cc1. The molecule has 150 valence electrons. The number of rotatable bonds is 6. The third-order valence-electron chi connectivity index (χ3n) is 4.35. The van der Waals surface area contributed by atoms with Crippen molar-refractivity contribution in [3.63, 3.8) is 0 Å². The van der Waals surface area contributed by atoms with Gasteiger partial charge in [-0.2, -0.15) is 13.2 Å². The van der Waals surface area contributed by atoms with Crippen molar-refractivity contribution >= 4 is 17.5 Å². The predicted molar refractivity (Wildman–Crippen MR) is 102 cm³/mol. The molecule has 0 fully saturated rings. The van der Waals surface area contributed by atoms with Crippen LogP contribution in [-0.4, -0.2) is 24.9 Å². The lowest BCUT2D eigenvalue weighted by Crippen LogP contribution is -2.37. The lowest BCUT2D eigenvalue weighted by Gasteiger charge is -2.22. The van der Waals surface area contributed by atoms with E-state index < -0.39 is 17.6 Å². The highest BCUT2D eigenvalue weighted by Crippen LogP contribution is 2.29. The van der Waals surface area contributed by atoms with Crippen molar-refractivity contribution in [1.82, 2.24) is 5.32 Å². The van der Waals surface area contributed by atoms with Gasteiger partial charge in [0.25, 0.3) is 5.91 Å². The molecule has 0 aromatic heterocycles. The molecule has 2 aromatic rings. The van der Waals surface area contributed by atoms with Crippen LogP contribution in [0.25, 0.3) is 0 Å². The van der Waals surface area contributed by atoms with Crippen molar-refractivity contribution in [3.05, 3.63) is 65.2 Å². The van der Waals surface area contributed by atoms with E-state index in [9.17, 15) is 22.8 Å². The first-order chi connectivity index (χ1) is 13.1. The number of hydrogen-bond donors (Lipinski definition) is 1. The minimum Gasteiger partial charge on any atom is -0.350 e. The van der Waals surface area contributed by atoms with Crippen LogP contribution in [-0.2, 0) is 11.0 Å². The van der Waals surface area contributed by atoms with Gasteiger partial charge in [-0.25, -0.2) is 0 Å². The van der Waals surface area contributed by atoms with Crippen molar-refractivity contribution in [1.29, 1.82) is 0 Å². The van der Waals surface area contributed by atoms with Crippen LogP contribution in [0.4, 0.5) is 18.9 Å². The summed E-state index contributed by atoms with van der Waals surface area (Å²) < 4.78 is 37.7. The Morgan fingerprint density at radius 3 is 2.04 bits per heavy atom. The van der Waals surface area contributed by atoms with Crippen molar-refractivity contribution in [2.24, 2.45) is 0 Å². The minimum absolute atomic E-state index is 0.128. The minimum atomic E-state index is -4.44. The number of anilines is 1. The van der Waals surface area contributed by atoms with Gasteiger partial charge in [-0.05, 0) is 47.9 Å². The van der Waals surface area contributed by atoms with Crippen LogP contribution in [0.1, 0.15) is 48.2 Å². The summed E-state index contributed by atoms with van der Waals surface area (Å²) in [5.74, 6) is -0.281. The Balaban J connectivity index is 1.97. The normalized spacial score (nSPS) is 11.4. The van der Waals surface area contributed by atoms with Crippen LogP contribution in [0.15, 0.2) is 48.5 Å². The van der Waals surface area contributed by atoms with E-state index in [0.29, 0.717) is 5.92 Å². The Morgan fingerprint density at radius 2 is 1.57 bits per heavy atom. The van der Waals surface area contributed by atoms with E-state index in [1.165, 1.54) is 11.8 Å².